The Hall–Kier alpha value is -2.24. The molecule has 2 unspecified atom stereocenters. The molecule has 2 aromatic heterocycles. The van der Waals surface area contributed by atoms with Crippen molar-refractivity contribution in [1.29, 1.82) is 0 Å². The first kappa shape index (κ1) is 15.0. The molecule has 6 nitrogen and oxygen atoms in total. The van der Waals surface area contributed by atoms with Gasteiger partial charge in [0.2, 0.25) is 0 Å². The summed E-state index contributed by atoms with van der Waals surface area (Å²) in [4.78, 5) is 23.0. The number of hydrogen-bond donors (Lipinski definition) is 0. The summed E-state index contributed by atoms with van der Waals surface area (Å²) in [5.74, 6) is 5.28. The monoisotopic (exact) mass is 336 g/mol. The molecule has 0 aromatic carbocycles. The van der Waals surface area contributed by atoms with Gasteiger partial charge in [-0.05, 0) is 26.7 Å². The molecule has 1 saturated carbocycles. The number of rotatable bonds is 3. The van der Waals surface area contributed by atoms with Gasteiger partial charge in [0.15, 0.2) is 0 Å². The van der Waals surface area contributed by atoms with Crippen LogP contribution < -0.4 is 9.80 Å². The van der Waals surface area contributed by atoms with Crippen LogP contribution in [-0.4, -0.2) is 46.1 Å². The zero-order valence-corrected chi connectivity index (χ0v) is 14.9. The van der Waals surface area contributed by atoms with Crippen LogP contribution in [0.3, 0.4) is 0 Å². The molecule has 0 bridgehead atoms. The Bertz CT molecular complexity index is 788. The first-order valence-corrected chi connectivity index (χ1v) is 9.29. The summed E-state index contributed by atoms with van der Waals surface area (Å²) in [7, 11) is 0. The minimum absolute atomic E-state index is 0.608. The van der Waals surface area contributed by atoms with Crippen LogP contribution in [-0.2, 0) is 0 Å². The van der Waals surface area contributed by atoms with Gasteiger partial charge in [-0.1, -0.05) is 0 Å². The molecular weight excluding hydrogens is 312 g/mol. The van der Waals surface area contributed by atoms with E-state index in [9.17, 15) is 0 Å². The van der Waals surface area contributed by atoms with Gasteiger partial charge in [-0.3, -0.25) is 0 Å². The van der Waals surface area contributed by atoms with E-state index in [-0.39, 0.29) is 0 Å². The van der Waals surface area contributed by atoms with Crippen LogP contribution in [0.5, 0.6) is 0 Å². The highest BCUT2D eigenvalue weighted by molar-refractivity contribution is 5.48. The lowest BCUT2D eigenvalue weighted by molar-refractivity contribution is 0.533. The first-order valence-electron chi connectivity index (χ1n) is 9.29. The van der Waals surface area contributed by atoms with Crippen LogP contribution in [0.15, 0.2) is 18.6 Å². The van der Waals surface area contributed by atoms with E-state index in [1.54, 1.807) is 6.33 Å². The molecule has 4 heterocycles. The minimum atomic E-state index is 0.608. The van der Waals surface area contributed by atoms with Gasteiger partial charge in [0, 0.05) is 67.5 Å². The van der Waals surface area contributed by atoms with E-state index >= 15 is 0 Å². The molecule has 0 N–H and O–H groups in total. The van der Waals surface area contributed by atoms with Gasteiger partial charge in [-0.2, -0.15) is 0 Å². The molecule has 6 heteroatoms. The molecule has 3 fully saturated rings. The van der Waals surface area contributed by atoms with Gasteiger partial charge in [-0.15, -0.1) is 0 Å². The third-order valence-corrected chi connectivity index (χ3v) is 5.78. The number of nitrogens with zero attached hydrogens (tertiary/aromatic N) is 6. The highest BCUT2D eigenvalue weighted by Crippen LogP contribution is 2.40. The maximum Gasteiger partial charge on any atom is 0.134 e. The normalized spacial score (nSPS) is 25.5. The van der Waals surface area contributed by atoms with E-state index < -0.39 is 0 Å². The number of hydrogen-bond acceptors (Lipinski definition) is 6. The Morgan fingerprint density at radius 2 is 1.68 bits per heavy atom. The van der Waals surface area contributed by atoms with Gasteiger partial charge in [-0.25, -0.2) is 19.9 Å². The predicted octanol–water partition coefficient (Wildman–Crippen LogP) is 2.33. The summed E-state index contributed by atoms with van der Waals surface area (Å²) >= 11 is 0. The van der Waals surface area contributed by atoms with Crippen LogP contribution in [0.2, 0.25) is 0 Å². The molecule has 25 heavy (non-hydrogen) atoms. The maximum absolute atomic E-state index is 4.88. The van der Waals surface area contributed by atoms with E-state index in [0.717, 1.165) is 49.3 Å². The lowest BCUT2D eigenvalue weighted by atomic mass is 10.0. The first-order chi connectivity index (χ1) is 12.2. The summed E-state index contributed by atoms with van der Waals surface area (Å²) < 4.78 is 0. The van der Waals surface area contributed by atoms with Crippen LogP contribution in [0.25, 0.3) is 0 Å². The standard InChI is InChI=1S/C19H24N6/c1-12-6-20-11-21-19(12)25-9-15-7-24(8-16(15)10-25)17-5-13(2)22-18(23-17)14-3-4-14/h5-6,11,14-16H,3-4,7-10H2,1-2H3. The molecular formula is C19H24N6. The molecule has 1 aliphatic carbocycles. The molecule has 0 spiro atoms. The lowest BCUT2D eigenvalue weighted by Gasteiger charge is -2.24. The van der Waals surface area contributed by atoms with Crippen molar-refractivity contribution in [2.45, 2.75) is 32.6 Å². The summed E-state index contributed by atoms with van der Waals surface area (Å²) in [6, 6.07) is 2.15. The van der Waals surface area contributed by atoms with Crippen molar-refractivity contribution in [3.05, 3.63) is 35.7 Å². The Morgan fingerprint density at radius 3 is 2.36 bits per heavy atom. The quantitative estimate of drug-likeness (QED) is 0.857. The number of aromatic nitrogens is 4. The second kappa shape index (κ2) is 5.64. The summed E-state index contributed by atoms with van der Waals surface area (Å²) in [6.45, 7) is 8.53. The Labute approximate surface area is 148 Å². The van der Waals surface area contributed by atoms with E-state index in [0.29, 0.717) is 17.8 Å². The zero-order valence-electron chi connectivity index (χ0n) is 14.9. The van der Waals surface area contributed by atoms with Crippen molar-refractivity contribution in [1.82, 2.24) is 19.9 Å². The van der Waals surface area contributed by atoms with Crippen molar-refractivity contribution in [2.24, 2.45) is 11.8 Å². The minimum Gasteiger partial charge on any atom is -0.356 e. The third-order valence-electron chi connectivity index (χ3n) is 5.78. The smallest absolute Gasteiger partial charge is 0.134 e. The largest absolute Gasteiger partial charge is 0.356 e. The highest BCUT2D eigenvalue weighted by atomic mass is 15.3. The average Bonchev–Trinajstić information content (AvgIpc) is 3.26. The van der Waals surface area contributed by atoms with Crippen molar-refractivity contribution in [3.63, 3.8) is 0 Å². The maximum atomic E-state index is 4.88. The van der Waals surface area contributed by atoms with E-state index in [4.69, 9.17) is 4.98 Å². The zero-order chi connectivity index (χ0) is 17.0. The van der Waals surface area contributed by atoms with Crippen molar-refractivity contribution in [2.75, 3.05) is 36.0 Å². The van der Waals surface area contributed by atoms with Gasteiger partial charge < -0.3 is 9.80 Å². The van der Waals surface area contributed by atoms with Crippen LogP contribution in [0.4, 0.5) is 11.6 Å². The Balaban J connectivity index is 1.32. The molecule has 2 atom stereocenters. The van der Waals surface area contributed by atoms with Crippen molar-refractivity contribution >= 4 is 11.6 Å². The lowest BCUT2D eigenvalue weighted by Crippen LogP contribution is -2.30. The average molecular weight is 336 g/mol. The molecule has 5 rings (SSSR count). The Kier molecular flexibility index (Phi) is 3.40. The highest BCUT2D eigenvalue weighted by Gasteiger charge is 2.41. The predicted molar refractivity (Wildman–Crippen MR) is 96.9 cm³/mol. The third kappa shape index (κ3) is 2.73. The van der Waals surface area contributed by atoms with E-state index in [1.165, 1.54) is 18.4 Å². The van der Waals surface area contributed by atoms with E-state index in [1.807, 2.05) is 6.20 Å². The van der Waals surface area contributed by atoms with Crippen molar-refractivity contribution < 1.29 is 0 Å². The van der Waals surface area contributed by atoms with Gasteiger partial charge >= 0.3 is 0 Å². The molecule has 2 saturated heterocycles. The SMILES string of the molecule is Cc1cc(N2CC3CN(c4ncncc4C)CC3C2)nc(C2CC2)n1. The molecule has 3 aliphatic rings. The number of anilines is 2. The van der Waals surface area contributed by atoms with Crippen LogP contribution >= 0.6 is 0 Å². The summed E-state index contributed by atoms with van der Waals surface area (Å²) in [5, 5.41) is 0. The summed E-state index contributed by atoms with van der Waals surface area (Å²) in [5.41, 5.74) is 2.27. The molecule has 0 radical (unpaired) electrons. The molecule has 0 amide bonds. The van der Waals surface area contributed by atoms with Crippen molar-refractivity contribution in [3.8, 4) is 0 Å². The molecule has 2 aromatic rings. The number of fused-ring (bicyclic) bond motifs is 1. The van der Waals surface area contributed by atoms with E-state index in [2.05, 4.69) is 44.7 Å². The molecule has 2 aliphatic heterocycles. The fraction of sp³-hybridized carbons (Fsp3) is 0.579. The van der Waals surface area contributed by atoms with Crippen LogP contribution in [0.1, 0.15) is 35.8 Å². The van der Waals surface area contributed by atoms with Gasteiger partial charge in [0.25, 0.3) is 0 Å². The van der Waals surface area contributed by atoms with Crippen LogP contribution in [0, 0.1) is 25.7 Å². The topological polar surface area (TPSA) is 58.0 Å². The summed E-state index contributed by atoms with van der Waals surface area (Å²) in [6.07, 6.45) is 6.07. The second-order valence-electron chi connectivity index (χ2n) is 7.86. The fourth-order valence-corrected chi connectivity index (χ4v) is 4.34. The molecule has 130 valence electrons. The van der Waals surface area contributed by atoms with Gasteiger partial charge in [0.1, 0.15) is 23.8 Å². The second-order valence-corrected chi connectivity index (χ2v) is 7.86. The fourth-order valence-electron chi connectivity index (χ4n) is 4.34. The number of aryl methyl sites for hydroxylation is 2. The Morgan fingerprint density at radius 1 is 0.960 bits per heavy atom. The van der Waals surface area contributed by atoms with Gasteiger partial charge in [0.05, 0.1) is 0 Å².